The minimum Gasteiger partial charge on any atom is -0.378 e. The van der Waals surface area contributed by atoms with Gasteiger partial charge in [0.25, 0.3) is 11.1 Å². The molecule has 0 bridgehead atoms. The molecule has 2 fully saturated rings. The number of aromatic nitrogens is 2. The monoisotopic (exact) mass is 622 g/mol. The summed E-state index contributed by atoms with van der Waals surface area (Å²) >= 11 is 6.77. The Bertz CT molecular complexity index is 1160. The maximum Gasteiger partial charge on any atom is 0.275 e. The van der Waals surface area contributed by atoms with Crippen molar-refractivity contribution < 1.29 is 9.47 Å². The predicted molar refractivity (Wildman–Crippen MR) is 144 cm³/mol. The standard InChI is InChI=1S/2C12H14BrN3O2/c2*1-9(7-14)16-8-10(13)6-11(12(16)17)15-2-4-18-5-3-15/h2*6,8-9H,2-5H2,1H3/t2*9-/m10/s1. The fraction of sp³-hybridized carbons (Fsp3) is 0.500. The number of rotatable bonds is 4. The van der Waals surface area contributed by atoms with Crippen molar-refractivity contribution in [3.8, 4) is 12.1 Å². The molecule has 0 spiro atoms. The maximum absolute atomic E-state index is 12.3. The number of hydrogen-bond acceptors (Lipinski definition) is 8. The molecule has 10 nitrogen and oxygen atoms in total. The average Bonchev–Trinajstić information content (AvgIpc) is 2.91. The van der Waals surface area contributed by atoms with E-state index in [0.717, 1.165) is 8.95 Å². The molecule has 2 aromatic heterocycles. The van der Waals surface area contributed by atoms with Gasteiger partial charge in [-0.05, 0) is 57.8 Å². The Morgan fingerprint density at radius 2 is 1.08 bits per heavy atom. The summed E-state index contributed by atoms with van der Waals surface area (Å²) in [4.78, 5) is 28.7. The highest BCUT2D eigenvalue weighted by Gasteiger charge is 2.19. The van der Waals surface area contributed by atoms with Crippen molar-refractivity contribution in [2.24, 2.45) is 0 Å². The normalized spacial score (nSPS) is 17.3. The van der Waals surface area contributed by atoms with E-state index in [0.29, 0.717) is 64.0 Å². The molecule has 2 saturated heterocycles. The lowest BCUT2D eigenvalue weighted by Crippen LogP contribution is -2.40. The van der Waals surface area contributed by atoms with Crippen LogP contribution in [0.2, 0.25) is 0 Å². The van der Waals surface area contributed by atoms with Gasteiger partial charge in [-0.15, -0.1) is 0 Å². The molecule has 2 aromatic rings. The summed E-state index contributed by atoms with van der Waals surface area (Å²) < 4.78 is 15.1. The number of halogens is 2. The van der Waals surface area contributed by atoms with Crippen molar-refractivity contribution in [2.75, 3.05) is 62.4 Å². The zero-order valence-corrected chi connectivity index (χ0v) is 23.4. The highest BCUT2D eigenvalue weighted by Crippen LogP contribution is 2.20. The first kappa shape index (κ1) is 27.9. The van der Waals surface area contributed by atoms with Crippen LogP contribution in [0.3, 0.4) is 0 Å². The average molecular weight is 624 g/mol. The first-order chi connectivity index (χ1) is 17.3. The molecular weight excluding hydrogens is 596 g/mol. The van der Waals surface area contributed by atoms with Crippen molar-refractivity contribution >= 4 is 43.2 Å². The molecule has 36 heavy (non-hydrogen) atoms. The molecule has 4 rings (SSSR count). The zero-order valence-electron chi connectivity index (χ0n) is 20.2. The van der Waals surface area contributed by atoms with E-state index in [1.165, 1.54) is 9.13 Å². The second kappa shape index (κ2) is 13.1. The van der Waals surface area contributed by atoms with Crippen LogP contribution in [-0.4, -0.2) is 61.7 Å². The minimum absolute atomic E-state index is 0.130. The van der Waals surface area contributed by atoms with Crippen LogP contribution in [0, 0.1) is 22.7 Å². The van der Waals surface area contributed by atoms with E-state index in [1.54, 1.807) is 38.4 Å². The fourth-order valence-electron chi connectivity index (χ4n) is 3.87. The van der Waals surface area contributed by atoms with Gasteiger partial charge in [-0.25, -0.2) is 0 Å². The Labute approximate surface area is 226 Å². The second-order valence-electron chi connectivity index (χ2n) is 8.32. The van der Waals surface area contributed by atoms with E-state index in [9.17, 15) is 9.59 Å². The van der Waals surface area contributed by atoms with Gasteiger partial charge in [-0.1, -0.05) is 0 Å². The van der Waals surface area contributed by atoms with Crippen molar-refractivity contribution in [3.63, 3.8) is 0 Å². The smallest absolute Gasteiger partial charge is 0.275 e. The molecule has 0 aromatic carbocycles. The third kappa shape index (κ3) is 6.77. The van der Waals surface area contributed by atoms with Crippen molar-refractivity contribution in [1.29, 1.82) is 10.5 Å². The summed E-state index contributed by atoms with van der Waals surface area (Å²) in [5.74, 6) is 0. The van der Waals surface area contributed by atoms with Crippen LogP contribution >= 0.6 is 31.9 Å². The van der Waals surface area contributed by atoms with Gasteiger partial charge < -0.3 is 19.3 Å². The molecule has 4 heterocycles. The summed E-state index contributed by atoms with van der Waals surface area (Å²) in [5.41, 5.74) is 0.979. The Morgan fingerprint density at radius 3 is 1.39 bits per heavy atom. The van der Waals surface area contributed by atoms with Gasteiger partial charge in [-0.2, -0.15) is 10.5 Å². The van der Waals surface area contributed by atoms with Gasteiger partial charge in [0, 0.05) is 47.5 Å². The molecule has 0 aliphatic carbocycles. The van der Waals surface area contributed by atoms with Gasteiger partial charge in [-0.3, -0.25) is 18.7 Å². The van der Waals surface area contributed by atoms with Crippen LogP contribution in [0.15, 0.2) is 43.1 Å². The van der Waals surface area contributed by atoms with Crippen LogP contribution in [-0.2, 0) is 9.47 Å². The first-order valence-electron chi connectivity index (χ1n) is 11.5. The number of nitriles is 2. The summed E-state index contributed by atoms with van der Waals surface area (Å²) in [7, 11) is 0. The predicted octanol–water partition coefficient (Wildman–Crippen LogP) is 3.06. The van der Waals surface area contributed by atoms with Gasteiger partial charge >= 0.3 is 0 Å². The molecule has 192 valence electrons. The van der Waals surface area contributed by atoms with Crippen LogP contribution < -0.4 is 20.9 Å². The van der Waals surface area contributed by atoms with Crippen LogP contribution in [0.4, 0.5) is 11.4 Å². The lowest BCUT2D eigenvalue weighted by Gasteiger charge is -2.28. The molecule has 2 aliphatic heterocycles. The number of hydrogen-bond donors (Lipinski definition) is 0. The number of morpholine rings is 2. The van der Waals surface area contributed by atoms with E-state index in [2.05, 4.69) is 44.0 Å². The lowest BCUT2D eigenvalue weighted by molar-refractivity contribution is 0.122. The molecule has 0 saturated carbocycles. The first-order valence-corrected chi connectivity index (χ1v) is 13.1. The van der Waals surface area contributed by atoms with Gasteiger partial charge in [0.2, 0.25) is 0 Å². The Kier molecular flexibility index (Phi) is 10.1. The largest absolute Gasteiger partial charge is 0.378 e. The van der Waals surface area contributed by atoms with Crippen molar-refractivity contribution in [2.45, 2.75) is 25.9 Å². The fourth-order valence-corrected chi connectivity index (χ4v) is 4.74. The minimum atomic E-state index is -0.477. The summed E-state index contributed by atoms with van der Waals surface area (Å²) in [6.45, 7) is 8.71. The van der Waals surface area contributed by atoms with Gasteiger partial charge in [0.15, 0.2) is 0 Å². The number of anilines is 2. The third-order valence-electron chi connectivity index (χ3n) is 5.89. The van der Waals surface area contributed by atoms with Crippen LogP contribution in [0.5, 0.6) is 0 Å². The van der Waals surface area contributed by atoms with Crippen molar-refractivity contribution in [1.82, 2.24) is 9.13 Å². The summed E-state index contributed by atoms with van der Waals surface area (Å²) in [6, 6.07) is 6.80. The molecular formula is C24H28Br2N6O4. The summed E-state index contributed by atoms with van der Waals surface area (Å²) in [5, 5.41) is 17.9. The van der Waals surface area contributed by atoms with E-state index in [1.807, 2.05) is 9.80 Å². The molecule has 0 radical (unpaired) electrons. The molecule has 0 N–H and O–H groups in total. The lowest BCUT2D eigenvalue weighted by atomic mass is 10.3. The SMILES string of the molecule is C[C@@H](C#N)n1cc(Br)cc(N2CCOCC2)c1=O.C[C@H](C#N)n1cc(Br)cc(N2CCOCC2)c1=O. The Hall–Kier alpha value is -2.64. The van der Waals surface area contributed by atoms with Crippen LogP contribution in [0.1, 0.15) is 25.9 Å². The number of nitrogens with zero attached hydrogens (tertiary/aromatic N) is 6. The van der Waals surface area contributed by atoms with Gasteiger partial charge in [0.1, 0.15) is 23.5 Å². The Morgan fingerprint density at radius 1 is 0.750 bits per heavy atom. The van der Waals surface area contributed by atoms with E-state index < -0.39 is 12.1 Å². The topological polar surface area (TPSA) is 117 Å². The quantitative estimate of drug-likeness (QED) is 0.510. The second-order valence-corrected chi connectivity index (χ2v) is 10.2. The highest BCUT2D eigenvalue weighted by molar-refractivity contribution is 9.10. The zero-order chi connectivity index (χ0) is 26.2. The molecule has 2 atom stereocenters. The van der Waals surface area contributed by atoms with Crippen molar-refractivity contribution in [3.05, 3.63) is 54.2 Å². The molecule has 12 heteroatoms. The molecule has 0 unspecified atom stereocenters. The number of ether oxygens (including phenoxy) is 2. The van der Waals surface area contributed by atoms with E-state index in [-0.39, 0.29) is 11.1 Å². The third-order valence-corrected chi connectivity index (χ3v) is 6.76. The Balaban J connectivity index is 0.000000201. The highest BCUT2D eigenvalue weighted by atomic mass is 79.9. The molecule has 0 amide bonds. The van der Waals surface area contributed by atoms with Gasteiger partial charge in [0.05, 0.1) is 38.6 Å². The summed E-state index contributed by atoms with van der Waals surface area (Å²) in [6.07, 6.45) is 3.31. The van der Waals surface area contributed by atoms with E-state index in [4.69, 9.17) is 20.0 Å². The van der Waals surface area contributed by atoms with Crippen LogP contribution in [0.25, 0.3) is 0 Å². The van der Waals surface area contributed by atoms with E-state index >= 15 is 0 Å². The molecule has 2 aliphatic rings. The number of pyridine rings is 2. The maximum atomic E-state index is 12.3.